The summed E-state index contributed by atoms with van der Waals surface area (Å²) in [7, 11) is 1.78. The van der Waals surface area contributed by atoms with E-state index in [-0.39, 0.29) is 13.2 Å². The van der Waals surface area contributed by atoms with Gasteiger partial charge in [-0.05, 0) is 7.05 Å². The Balaban J connectivity index is 3.06. The monoisotopic (exact) mass is 310 g/mol. The average molecular weight is 310 g/mol. The van der Waals surface area contributed by atoms with E-state index in [1.54, 1.807) is 7.05 Å². The summed E-state index contributed by atoms with van der Waals surface area (Å²) in [4.78, 5) is 0. The number of hydrogen-bond acceptors (Lipinski definition) is 8. The molecule has 128 valence electrons. The number of aliphatic hydroxyl groups is 2. The Labute approximate surface area is 126 Å². The molecule has 0 heterocycles. The molecule has 8 nitrogen and oxygen atoms in total. The molecule has 0 saturated carbocycles. The SMILES string of the molecule is CNCC(O)COCCOCCOCCOCC(O)CN. The van der Waals surface area contributed by atoms with Gasteiger partial charge in [-0.2, -0.15) is 0 Å². The highest BCUT2D eigenvalue weighted by Crippen LogP contribution is 1.86. The van der Waals surface area contributed by atoms with Crippen LogP contribution in [0.25, 0.3) is 0 Å². The van der Waals surface area contributed by atoms with Crippen molar-refractivity contribution in [2.75, 3.05) is 73.0 Å². The number of hydrogen-bond donors (Lipinski definition) is 4. The van der Waals surface area contributed by atoms with Crippen molar-refractivity contribution in [3.05, 3.63) is 0 Å². The van der Waals surface area contributed by atoms with Crippen molar-refractivity contribution in [1.29, 1.82) is 0 Å². The van der Waals surface area contributed by atoms with Crippen molar-refractivity contribution < 1.29 is 29.2 Å². The molecule has 2 atom stereocenters. The standard InChI is InChI=1S/C13H30N2O6/c1-15-9-13(17)11-21-7-5-19-3-2-18-4-6-20-10-12(16)8-14/h12-13,15-17H,2-11,14H2,1H3. The first-order chi connectivity index (χ1) is 10.2. The summed E-state index contributed by atoms with van der Waals surface area (Å²) in [6, 6.07) is 0. The first-order valence-corrected chi connectivity index (χ1v) is 7.22. The number of aliphatic hydroxyl groups excluding tert-OH is 2. The Morgan fingerprint density at radius 2 is 1.24 bits per heavy atom. The zero-order valence-corrected chi connectivity index (χ0v) is 12.8. The van der Waals surface area contributed by atoms with Gasteiger partial charge in [0.15, 0.2) is 0 Å². The van der Waals surface area contributed by atoms with Gasteiger partial charge in [0.05, 0.1) is 65.1 Å². The van der Waals surface area contributed by atoms with Gasteiger partial charge < -0.3 is 40.2 Å². The van der Waals surface area contributed by atoms with Crippen molar-refractivity contribution in [3.63, 3.8) is 0 Å². The molecule has 21 heavy (non-hydrogen) atoms. The number of nitrogens with one attached hydrogen (secondary N) is 1. The predicted octanol–water partition coefficient (Wildman–Crippen LogP) is -2.05. The molecular weight excluding hydrogens is 280 g/mol. The van der Waals surface area contributed by atoms with Crippen molar-refractivity contribution in [3.8, 4) is 0 Å². The Hall–Kier alpha value is -0.320. The van der Waals surface area contributed by atoms with Crippen LogP contribution in [0.2, 0.25) is 0 Å². The number of nitrogens with two attached hydrogens (primary N) is 1. The lowest BCUT2D eigenvalue weighted by molar-refractivity contribution is -0.0231. The minimum absolute atomic E-state index is 0.197. The molecule has 0 aliphatic carbocycles. The van der Waals surface area contributed by atoms with Crippen LogP contribution < -0.4 is 11.1 Å². The zero-order valence-electron chi connectivity index (χ0n) is 12.8. The quantitative estimate of drug-likeness (QED) is 0.241. The fourth-order valence-corrected chi connectivity index (χ4v) is 1.36. The Kier molecular flexibility index (Phi) is 15.8. The van der Waals surface area contributed by atoms with Crippen LogP contribution in [-0.2, 0) is 18.9 Å². The molecule has 0 spiro atoms. The summed E-state index contributed by atoms with van der Waals surface area (Å²) in [5.41, 5.74) is 5.23. The highest BCUT2D eigenvalue weighted by molar-refractivity contribution is 4.54. The van der Waals surface area contributed by atoms with Gasteiger partial charge in [0.1, 0.15) is 0 Å². The van der Waals surface area contributed by atoms with Crippen LogP contribution in [-0.4, -0.2) is 95.4 Å². The van der Waals surface area contributed by atoms with Crippen LogP contribution in [0.15, 0.2) is 0 Å². The minimum atomic E-state index is -0.611. The zero-order chi connectivity index (χ0) is 15.8. The van der Waals surface area contributed by atoms with Gasteiger partial charge in [0.25, 0.3) is 0 Å². The number of ether oxygens (including phenoxy) is 4. The first-order valence-electron chi connectivity index (χ1n) is 7.22. The molecule has 0 aromatic carbocycles. The second-order valence-electron chi connectivity index (χ2n) is 4.48. The van der Waals surface area contributed by atoms with E-state index in [1.165, 1.54) is 0 Å². The van der Waals surface area contributed by atoms with Gasteiger partial charge in [-0.25, -0.2) is 0 Å². The third kappa shape index (κ3) is 15.9. The molecule has 0 aliphatic heterocycles. The molecule has 0 saturated heterocycles. The second kappa shape index (κ2) is 16.1. The number of rotatable bonds is 16. The largest absolute Gasteiger partial charge is 0.389 e. The van der Waals surface area contributed by atoms with E-state index >= 15 is 0 Å². The van der Waals surface area contributed by atoms with Crippen molar-refractivity contribution in [2.24, 2.45) is 5.73 Å². The maximum absolute atomic E-state index is 9.36. The maximum Gasteiger partial charge on any atom is 0.0897 e. The van der Waals surface area contributed by atoms with Gasteiger partial charge in [-0.1, -0.05) is 0 Å². The van der Waals surface area contributed by atoms with Gasteiger partial charge >= 0.3 is 0 Å². The van der Waals surface area contributed by atoms with Gasteiger partial charge in [-0.3, -0.25) is 0 Å². The summed E-state index contributed by atoms with van der Waals surface area (Å²) >= 11 is 0. The van der Waals surface area contributed by atoms with E-state index in [9.17, 15) is 5.11 Å². The normalized spacial score (nSPS) is 14.3. The topological polar surface area (TPSA) is 115 Å². The Morgan fingerprint density at radius 3 is 1.67 bits per heavy atom. The second-order valence-corrected chi connectivity index (χ2v) is 4.48. The van der Waals surface area contributed by atoms with Crippen LogP contribution in [0.3, 0.4) is 0 Å². The molecule has 0 aromatic heterocycles. The molecule has 0 amide bonds. The Morgan fingerprint density at radius 1 is 0.810 bits per heavy atom. The predicted molar refractivity (Wildman–Crippen MR) is 78.3 cm³/mol. The molecule has 8 heteroatoms. The molecule has 0 rings (SSSR count). The molecule has 0 aliphatic rings. The third-order valence-corrected chi connectivity index (χ3v) is 2.45. The number of likely N-dealkylation sites (N-methyl/N-ethyl adjacent to an activating group) is 1. The fourth-order valence-electron chi connectivity index (χ4n) is 1.36. The molecule has 2 unspecified atom stereocenters. The van der Waals surface area contributed by atoms with E-state index in [1.807, 2.05) is 0 Å². The maximum atomic E-state index is 9.36. The molecule has 5 N–H and O–H groups in total. The molecular formula is C13H30N2O6. The van der Waals surface area contributed by atoms with Crippen LogP contribution in [0.1, 0.15) is 0 Å². The lowest BCUT2D eigenvalue weighted by Crippen LogP contribution is -2.28. The fraction of sp³-hybridized carbons (Fsp3) is 1.00. The Bertz CT molecular complexity index is 211. The van der Waals surface area contributed by atoms with Crippen LogP contribution >= 0.6 is 0 Å². The molecule has 0 radical (unpaired) electrons. The van der Waals surface area contributed by atoms with Crippen LogP contribution in [0.5, 0.6) is 0 Å². The summed E-state index contributed by atoms with van der Waals surface area (Å²) in [5.74, 6) is 0. The molecule has 0 bridgehead atoms. The highest BCUT2D eigenvalue weighted by Gasteiger charge is 2.02. The summed E-state index contributed by atoms with van der Waals surface area (Å²) in [5, 5.41) is 21.3. The summed E-state index contributed by atoms with van der Waals surface area (Å²) in [6.07, 6.45) is -1.10. The van der Waals surface area contributed by atoms with Crippen molar-refractivity contribution in [1.82, 2.24) is 5.32 Å². The van der Waals surface area contributed by atoms with Crippen LogP contribution in [0.4, 0.5) is 0 Å². The highest BCUT2D eigenvalue weighted by atomic mass is 16.6. The summed E-state index contributed by atoms with van der Waals surface area (Å²) in [6.45, 7) is 3.98. The van der Waals surface area contributed by atoms with E-state index < -0.39 is 12.2 Å². The summed E-state index contributed by atoms with van der Waals surface area (Å²) < 4.78 is 20.9. The van der Waals surface area contributed by atoms with Gasteiger partial charge in [-0.15, -0.1) is 0 Å². The smallest absolute Gasteiger partial charge is 0.0897 e. The minimum Gasteiger partial charge on any atom is -0.389 e. The lowest BCUT2D eigenvalue weighted by Gasteiger charge is -2.11. The van der Waals surface area contributed by atoms with E-state index in [0.29, 0.717) is 52.8 Å². The first kappa shape index (κ1) is 20.7. The lowest BCUT2D eigenvalue weighted by atomic mass is 10.4. The van der Waals surface area contributed by atoms with E-state index in [2.05, 4.69) is 5.32 Å². The average Bonchev–Trinajstić information content (AvgIpc) is 2.48. The van der Waals surface area contributed by atoms with Crippen molar-refractivity contribution >= 4 is 0 Å². The van der Waals surface area contributed by atoms with Gasteiger partial charge in [0.2, 0.25) is 0 Å². The van der Waals surface area contributed by atoms with E-state index in [0.717, 1.165) is 0 Å². The van der Waals surface area contributed by atoms with E-state index in [4.69, 9.17) is 29.8 Å². The van der Waals surface area contributed by atoms with Crippen LogP contribution in [0, 0.1) is 0 Å². The van der Waals surface area contributed by atoms with Crippen molar-refractivity contribution in [2.45, 2.75) is 12.2 Å². The van der Waals surface area contributed by atoms with Gasteiger partial charge in [0, 0.05) is 13.1 Å². The molecule has 0 fully saturated rings. The third-order valence-electron chi connectivity index (χ3n) is 2.45. The molecule has 0 aromatic rings.